The first kappa shape index (κ1) is 12.2. The lowest BCUT2D eigenvalue weighted by molar-refractivity contribution is -0.136. The van der Waals surface area contributed by atoms with E-state index >= 15 is 0 Å². The largest absolute Gasteiger partial charge is 0.481 e. The van der Waals surface area contributed by atoms with Gasteiger partial charge in [0.05, 0.1) is 12.2 Å². The van der Waals surface area contributed by atoms with Crippen molar-refractivity contribution in [3.8, 4) is 0 Å². The summed E-state index contributed by atoms with van der Waals surface area (Å²) in [4.78, 5) is 21.7. The Morgan fingerprint density at radius 2 is 1.88 bits per heavy atom. The zero-order chi connectivity index (χ0) is 12.0. The van der Waals surface area contributed by atoms with Crippen LogP contribution in [0.1, 0.15) is 29.3 Å². The van der Waals surface area contributed by atoms with Crippen molar-refractivity contribution in [2.75, 3.05) is 6.61 Å². The van der Waals surface area contributed by atoms with Gasteiger partial charge in [0, 0.05) is 6.42 Å². The number of aliphatic carboxylic acids is 1. The van der Waals surface area contributed by atoms with E-state index in [9.17, 15) is 9.59 Å². The molecule has 1 aromatic rings. The molecule has 1 aromatic carbocycles. The van der Waals surface area contributed by atoms with Gasteiger partial charge in [-0.2, -0.15) is 0 Å². The molecule has 0 aliphatic rings. The Bertz CT molecular complexity index is 367. The van der Waals surface area contributed by atoms with Gasteiger partial charge in [0.2, 0.25) is 0 Å². The highest BCUT2D eigenvalue weighted by molar-refractivity contribution is 5.89. The maximum Gasteiger partial charge on any atom is 0.338 e. The van der Waals surface area contributed by atoms with E-state index in [1.807, 2.05) is 0 Å². The van der Waals surface area contributed by atoms with E-state index in [4.69, 9.17) is 9.84 Å². The van der Waals surface area contributed by atoms with E-state index in [2.05, 4.69) is 0 Å². The maximum atomic E-state index is 11.3. The van der Waals surface area contributed by atoms with Crippen LogP contribution in [0.5, 0.6) is 0 Å². The van der Waals surface area contributed by atoms with E-state index in [0.29, 0.717) is 18.6 Å². The molecule has 0 spiro atoms. The molecule has 86 valence electrons. The van der Waals surface area contributed by atoms with Crippen LogP contribution in [0.4, 0.5) is 0 Å². The van der Waals surface area contributed by atoms with Crippen LogP contribution in [0.25, 0.3) is 0 Å². The molecule has 0 amide bonds. The molecule has 0 aromatic heterocycles. The van der Waals surface area contributed by atoms with Gasteiger partial charge in [0.1, 0.15) is 0 Å². The molecule has 0 aliphatic heterocycles. The van der Waals surface area contributed by atoms with Gasteiger partial charge >= 0.3 is 11.9 Å². The van der Waals surface area contributed by atoms with E-state index in [1.54, 1.807) is 31.2 Å². The molecule has 0 saturated heterocycles. The van der Waals surface area contributed by atoms with E-state index in [-0.39, 0.29) is 12.4 Å². The zero-order valence-corrected chi connectivity index (χ0v) is 9.10. The van der Waals surface area contributed by atoms with Crippen molar-refractivity contribution in [3.63, 3.8) is 0 Å². The summed E-state index contributed by atoms with van der Waals surface area (Å²) in [5.74, 6) is -1.18. The standard InChI is InChI=1S/C12H14O4/c1-2-16-12(15)10-6-3-9(4-7-10)5-8-11(13)14/h3-4,6-7H,2,5,8H2,1H3,(H,13,14). The molecule has 16 heavy (non-hydrogen) atoms. The average Bonchev–Trinajstić information content (AvgIpc) is 2.27. The molecule has 1 N–H and O–H groups in total. The third kappa shape index (κ3) is 3.73. The third-order valence-corrected chi connectivity index (χ3v) is 2.09. The van der Waals surface area contributed by atoms with Crippen LogP contribution >= 0.6 is 0 Å². The molecule has 4 heteroatoms. The van der Waals surface area contributed by atoms with Crippen molar-refractivity contribution >= 4 is 11.9 Å². The summed E-state index contributed by atoms with van der Waals surface area (Å²) in [7, 11) is 0. The Morgan fingerprint density at radius 3 is 2.38 bits per heavy atom. The number of carboxylic acid groups (broad SMARTS) is 1. The summed E-state index contributed by atoms with van der Waals surface area (Å²) < 4.78 is 4.83. The summed E-state index contributed by atoms with van der Waals surface area (Å²) in [6.07, 6.45) is 0.567. The van der Waals surface area contributed by atoms with Crippen LogP contribution < -0.4 is 0 Å². The number of hydrogen-bond acceptors (Lipinski definition) is 3. The summed E-state index contributed by atoms with van der Waals surface area (Å²) in [5.41, 5.74) is 1.39. The van der Waals surface area contributed by atoms with Crippen LogP contribution in [0, 0.1) is 0 Å². The Kier molecular flexibility index (Phi) is 4.51. The van der Waals surface area contributed by atoms with E-state index < -0.39 is 5.97 Å². The molecule has 0 radical (unpaired) electrons. The maximum absolute atomic E-state index is 11.3. The normalized spacial score (nSPS) is 9.81. The minimum absolute atomic E-state index is 0.0960. The lowest BCUT2D eigenvalue weighted by atomic mass is 10.1. The van der Waals surface area contributed by atoms with Crippen LogP contribution in [0.3, 0.4) is 0 Å². The average molecular weight is 222 g/mol. The molecule has 0 bridgehead atoms. The number of aryl methyl sites for hydroxylation is 1. The Labute approximate surface area is 93.9 Å². The first-order chi connectivity index (χ1) is 7.63. The van der Waals surface area contributed by atoms with Crippen molar-refractivity contribution in [1.82, 2.24) is 0 Å². The van der Waals surface area contributed by atoms with Crippen molar-refractivity contribution in [2.24, 2.45) is 0 Å². The smallest absolute Gasteiger partial charge is 0.338 e. The number of carboxylic acids is 1. The quantitative estimate of drug-likeness (QED) is 0.772. The summed E-state index contributed by atoms with van der Waals surface area (Å²) in [6, 6.07) is 6.79. The van der Waals surface area contributed by atoms with Crippen molar-refractivity contribution in [2.45, 2.75) is 19.8 Å². The van der Waals surface area contributed by atoms with Crippen molar-refractivity contribution in [3.05, 3.63) is 35.4 Å². The Morgan fingerprint density at radius 1 is 1.25 bits per heavy atom. The topological polar surface area (TPSA) is 63.6 Å². The molecule has 0 unspecified atom stereocenters. The fraction of sp³-hybridized carbons (Fsp3) is 0.333. The predicted octanol–water partition coefficient (Wildman–Crippen LogP) is 1.88. The highest BCUT2D eigenvalue weighted by Crippen LogP contribution is 2.08. The molecule has 0 fully saturated rings. The molecular formula is C12H14O4. The molecule has 0 heterocycles. The number of carbonyl (C=O) groups excluding carboxylic acids is 1. The number of rotatable bonds is 5. The predicted molar refractivity (Wildman–Crippen MR) is 58.4 cm³/mol. The Balaban J connectivity index is 2.60. The first-order valence-electron chi connectivity index (χ1n) is 5.11. The summed E-state index contributed by atoms with van der Waals surface area (Å²) >= 11 is 0. The van der Waals surface area contributed by atoms with Gasteiger partial charge in [-0.15, -0.1) is 0 Å². The molecular weight excluding hydrogens is 208 g/mol. The minimum atomic E-state index is -0.825. The highest BCUT2D eigenvalue weighted by Gasteiger charge is 2.06. The monoisotopic (exact) mass is 222 g/mol. The third-order valence-electron chi connectivity index (χ3n) is 2.09. The molecule has 1 rings (SSSR count). The fourth-order valence-electron chi connectivity index (χ4n) is 1.27. The molecule has 0 aliphatic carbocycles. The summed E-state index contributed by atoms with van der Waals surface area (Å²) in [6.45, 7) is 2.10. The lowest BCUT2D eigenvalue weighted by Gasteiger charge is -2.03. The van der Waals surface area contributed by atoms with Gasteiger partial charge in [-0.3, -0.25) is 4.79 Å². The number of benzene rings is 1. The number of ether oxygens (including phenoxy) is 1. The second kappa shape index (κ2) is 5.90. The Hall–Kier alpha value is -1.84. The van der Waals surface area contributed by atoms with Crippen LogP contribution in [-0.4, -0.2) is 23.7 Å². The van der Waals surface area contributed by atoms with Gasteiger partial charge in [0.15, 0.2) is 0 Å². The molecule has 0 saturated carbocycles. The SMILES string of the molecule is CCOC(=O)c1ccc(CCC(=O)O)cc1. The van der Waals surface area contributed by atoms with E-state index in [0.717, 1.165) is 5.56 Å². The van der Waals surface area contributed by atoms with Crippen LogP contribution in [0.2, 0.25) is 0 Å². The van der Waals surface area contributed by atoms with Gasteiger partial charge in [-0.25, -0.2) is 4.79 Å². The van der Waals surface area contributed by atoms with Crippen molar-refractivity contribution < 1.29 is 19.4 Å². The van der Waals surface area contributed by atoms with Crippen LogP contribution in [0.15, 0.2) is 24.3 Å². The number of esters is 1. The summed E-state index contributed by atoms with van der Waals surface area (Å²) in [5, 5.41) is 8.51. The number of hydrogen-bond donors (Lipinski definition) is 1. The second-order valence-electron chi connectivity index (χ2n) is 3.31. The van der Waals surface area contributed by atoms with E-state index in [1.165, 1.54) is 0 Å². The zero-order valence-electron chi connectivity index (χ0n) is 9.10. The first-order valence-corrected chi connectivity index (χ1v) is 5.11. The molecule has 0 atom stereocenters. The minimum Gasteiger partial charge on any atom is -0.481 e. The van der Waals surface area contributed by atoms with Gasteiger partial charge in [0.25, 0.3) is 0 Å². The molecule has 4 nitrogen and oxygen atoms in total. The van der Waals surface area contributed by atoms with Gasteiger partial charge in [-0.05, 0) is 31.0 Å². The fourth-order valence-corrected chi connectivity index (χ4v) is 1.27. The number of carbonyl (C=O) groups is 2. The van der Waals surface area contributed by atoms with Gasteiger partial charge < -0.3 is 9.84 Å². The highest BCUT2D eigenvalue weighted by atomic mass is 16.5. The second-order valence-corrected chi connectivity index (χ2v) is 3.31. The van der Waals surface area contributed by atoms with Crippen molar-refractivity contribution in [1.29, 1.82) is 0 Å². The van der Waals surface area contributed by atoms with Gasteiger partial charge in [-0.1, -0.05) is 12.1 Å². The lowest BCUT2D eigenvalue weighted by Crippen LogP contribution is -2.04. The van der Waals surface area contributed by atoms with Crippen LogP contribution in [-0.2, 0) is 16.0 Å².